The third-order valence-electron chi connectivity index (χ3n) is 3.47. The van der Waals surface area contributed by atoms with E-state index in [0.29, 0.717) is 13.0 Å². The predicted molar refractivity (Wildman–Crippen MR) is 73.0 cm³/mol. The number of hydrogen-bond donors (Lipinski definition) is 2. The van der Waals surface area contributed by atoms with Crippen molar-refractivity contribution >= 4 is 5.91 Å². The molecule has 0 saturated carbocycles. The summed E-state index contributed by atoms with van der Waals surface area (Å²) in [6.07, 6.45) is 3.07. The number of amides is 1. The predicted octanol–water partition coefficient (Wildman–Crippen LogP) is 2.01. The van der Waals surface area contributed by atoms with Gasteiger partial charge in [0.2, 0.25) is 5.91 Å². The van der Waals surface area contributed by atoms with E-state index in [1.54, 1.807) is 12.1 Å². The van der Waals surface area contributed by atoms with Crippen molar-refractivity contribution < 1.29 is 14.6 Å². The number of aromatic hydroxyl groups is 1. The van der Waals surface area contributed by atoms with E-state index in [0.717, 1.165) is 31.4 Å². The van der Waals surface area contributed by atoms with Crippen molar-refractivity contribution in [2.45, 2.75) is 38.1 Å². The molecule has 1 heterocycles. The van der Waals surface area contributed by atoms with Crippen molar-refractivity contribution in [2.75, 3.05) is 13.2 Å². The fraction of sp³-hybridized carbons (Fsp3) is 0.533. The van der Waals surface area contributed by atoms with E-state index in [1.165, 1.54) is 0 Å². The average Bonchev–Trinajstić information content (AvgIpc) is 2.78. The summed E-state index contributed by atoms with van der Waals surface area (Å²) in [4.78, 5) is 11.8. The summed E-state index contributed by atoms with van der Waals surface area (Å²) >= 11 is 0. The lowest BCUT2D eigenvalue weighted by molar-refractivity contribution is -0.123. The molecule has 0 unspecified atom stereocenters. The summed E-state index contributed by atoms with van der Waals surface area (Å²) in [7, 11) is 0. The molecule has 2 N–H and O–H groups in total. The second kappa shape index (κ2) is 6.06. The molecule has 1 fully saturated rings. The van der Waals surface area contributed by atoms with E-state index in [-0.39, 0.29) is 17.2 Å². The molecule has 4 heteroatoms. The Morgan fingerprint density at radius 1 is 1.42 bits per heavy atom. The summed E-state index contributed by atoms with van der Waals surface area (Å²) in [6.45, 7) is 3.36. The average molecular weight is 263 g/mol. The maximum Gasteiger partial charge on any atom is 0.220 e. The third kappa shape index (κ3) is 4.24. The monoisotopic (exact) mass is 263 g/mol. The van der Waals surface area contributed by atoms with Gasteiger partial charge in [0.25, 0.3) is 0 Å². The smallest absolute Gasteiger partial charge is 0.220 e. The molecule has 1 atom stereocenters. The molecule has 1 aliphatic heterocycles. The molecule has 1 aromatic rings. The zero-order chi connectivity index (χ0) is 13.7. The third-order valence-corrected chi connectivity index (χ3v) is 3.47. The van der Waals surface area contributed by atoms with E-state index in [1.807, 2.05) is 19.1 Å². The summed E-state index contributed by atoms with van der Waals surface area (Å²) in [5, 5.41) is 12.2. The van der Waals surface area contributed by atoms with Crippen molar-refractivity contribution in [1.29, 1.82) is 0 Å². The summed E-state index contributed by atoms with van der Waals surface area (Å²) in [5.41, 5.74) is 0.955. The van der Waals surface area contributed by atoms with Crippen molar-refractivity contribution in [1.82, 2.24) is 5.32 Å². The first-order valence-corrected chi connectivity index (χ1v) is 6.74. The molecule has 2 rings (SSSR count). The molecule has 0 aromatic heterocycles. The highest BCUT2D eigenvalue weighted by atomic mass is 16.5. The highest BCUT2D eigenvalue weighted by molar-refractivity contribution is 5.76. The van der Waals surface area contributed by atoms with E-state index in [2.05, 4.69) is 5.32 Å². The van der Waals surface area contributed by atoms with E-state index < -0.39 is 0 Å². The van der Waals surface area contributed by atoms with E-state index in [4.69, 9.17) is 4.74 Å². The Balaban J connectivity index is 1.70. The highest BCUT2D eigenvalue weighted by Crippen LogP contribution is 2.18. The quantitative estimate of drug-likeness (QED) is 0.854. The molecule has 19 heavy (non-hydrogen) atoms. The number of phenolic OH excluding ortho intramolecular Hbond substituents is 1. The Kier molecular flexibility index (Phi) is 4.43. The lowest BCUT2D eigenvalue weighted by Crippen LogP contribution is -2.46. The van der Waals surface area contributed by atoms with Crippen LogP contribution in [0.5, 0.6) is 5.75 Å². The van der Waals surface area contributed by atoms with Gasteiger partial charge in [-0.2, -0.15) is 0 Å². The number of aryl methyl sites for hydroxylation is 1. The van der Waals surface area contributed by atoms with Gasteiger partial charge >= 0.3 is 0 Å². The number of nitrogens with one attached hydrogen (secondary N) is 1. The number of benzene rings is 1. The molecule has 4 nitrogen and oxygen atoms in total. The van der Waals surface area contributed by atoms with Crippen LogP contribution in [0.4, 0.5) is 0 Å². The minimum absolute atomic E-state index is 0.0896. The van der Waals surface area contributed by atoms with Crippen LogP contribution in [0.15, 0.2) is 24.3 Å². The maximum atomic E-state index is 11.8. The molecular weight excluding hydrogens is 242 g/mol. The molecule has 1 amide bonds. The van der Waals surface area contributed by atoms with Gasteiger partial charge in [-0.3, -0.25) is 4.79 Å². The Hall–Kier alpha value is -1.55. The summed E-state index contributed by atoms with van der Waals surface area (Å²) < 4.78 is 5.31. The van der Waals surface area contributed by atoms with Crippen molar-refractivity contribution in [3.63, 3.8) is 0 Å². The molecule has 0 spiro atoms. The number of ether oxygens (including phenoxy) is 1. The second-order valence-corrected chi connectivity index (χ2v) is 5.43. The van der Waals surface area contributed by atoms with E-state index in [9.17, 15) is 9.90 Å². The minimum atomic E-state index is -0.185. The first-order valence-electron chi connectivity index (χ1n) is 6.74. The normalized spacial score (nSPS) is 22.4. The fourth-order valence-corrected chi connectivity index (χ4v) is 2.28. The Bertz CT molecular complexity index is 422. The van der Waals surface area contributed by atoms with E-state index >= 15 is 0 Å². The number of hydrogen-bond acceptors (Lipinski definition) is 3. The van der Waals surface area contributed by atoms with Gasteiger partial charge in [-0.1, -0.05) is 12.1 Å². The number of carbonyl (C=O) groups is 1. The van der Waals surface area contributed by atoms with Crippen LogP contribution in [0.25, 0.3) is 0 Å². The van der Waals surface area contributed by atoms with Crippen LogP contribution in [-0.4, -0.2) is 29.8 Å². The molecular formula is C15H21NO3. The fourth-order valence-electron chi connectivity index (χ4n) is 2.28. The van der Waals surface area contributed by atoms with Crippen molar-refractivity contribution in [3.05, 3.63) is 29.8 Å². The van der Waals surface area contributed by atoms with Gasteiger partial charge in [0, 0.05) is 13.0 Å². The minimum Gasteiger partial charge on any atom is -0.508 e. The molecule has 0 aliphatic carbocycles. The second-order valence-electron chi connectivity index (χ2n) is 5.43. The molecule has 0 radical (unpaired) electrons. The van der Waals surface area contributed by atoms with Crippen LogP contribution in [-0.2, 0) is 16.0 Å². The lowest BCUT2D eigenvalue weighted by Gasteiger charge is -2.23. The standard InChI is InChI=1S/C15H21NO3/c1-15(9-10-19-11-15)16-14(18)4-2-3-12-5-7-13(17)8-6-12/h5-8,17H,2-4,9-11H2,1H3,(H,16,18)/t15-/m0/s1. The first kappa shape index (κ1) is 13.9. The first-order chi connectivity index (χ1) is 9.07. The summed E-state index contributed by atoms with van der Waals surface area (Å²) in [6, 6.07) is 7.12. The van der Waals surface area contributed by atoms with Gasteiger partial charge in [-0.25, -0.2) is 0 Å². The zero-order valence-corrected chi connectivity index (χ0v) is 11.3. The van der Waals surface area contributed by atoms with Gasteiger partial charge in [0.1, 0.15) is 5.75 Å². The Morgan fingerprint density at radius 2 is 2.16 bits per heavy atom. The number of carbonyl (C=O) groups excluding carboxylic acids is 1. The van der Waals surface area contributed by atoms with Crippen LogP contribution in [0, 0.1) is 0 Å². The molecule has 1 aliphatic rings. The van der Waals surface area contributed by atoms with Crippen LogP contribution in [0.3, 0.4) is 0 Å². The molecule has 1 aromatic carbocycles. The van der Waals surface area contributed by atoms with Crippen LogP contribution < -0.4 is 5.32 Å². The Labute approximate surface area is 113 Å². The van der Waals surface area contributed by atoms with Crippen LogP contribution in [0.2, 0.25) is 0 Å². The van der Waals surface area contributed by atoms with Gasteiger partial charge in [-0.15, -0.1) is 0 Å². The largest absolute Gasteiger partial charge is 0.508 e. The topological polar surface area (TPSA) is 58.6 Å². The van der Waals surface area contributed by atoms with Gasteiger partial charge in [0.15, 0.2) is 0 Å². The van der Waals surface area contributed by atoms with Gasteiger partial charge in [-0.05, 0) is 43.9 Å². The summed E-state index contributed by atoms with van der Waals surface area (Å²) in [5.74, 6) is 0.363. The van der Waals surface area contributed by atoms with Crippen LogP contribution >= 0.6 is 0 Å². The number of phenols is 1. The van der Waals surface area contributed by atoms with Crippen molar-refractivity contribution in [3.8, 4) is 5.75 Å². The zero-order valence-electron chi connectivity index (χ0n) is 11.3. The number of rotatable bonds is 5. The Morgan fingerprint density at radius 3 is 2.79 bits per heavy atom. The SMILES string of the molecule is C[C@]1(NC(=O)CCCc2ccc(O)cc2)CCOC1. The van der Waals surface area contributed by atoms with Crippen LogP contribution in [0.1, 0.15) is 31.7 Å². The molecule has 0 bridgehead atoms. The maximum absolute atomic E-state index is 11.8. The molecule has 104 valence electrons. The highest BCUT2D eigenvalue weighted by Gasteiger charge is 2.30. The van der Waals surface area contributed by atoms with Gasteiger partial charge < -0.3 is 15.2 Å². The van der Waals surface area contributed by atoms with Crippen molar-refractivity contribution in [2.24, 2.45) is 0 Å². The van der Waals surface area contributed by atoms with Gasteiger partial charge in [0.05, 0.1) is 12.1 Å². The lowest BCUT2D eigenvalue weighted by atomic mass is 10.0. The molecule has 1 saturated heterocycles.